The molecule has 0 fully saturated rings. The third kappa shape index (κ3) is 4.01. The highest BCUT2D eigenvalue weighted by Crippen LogP contribution is 2.34. The summed E-state index contributed by atoms with van der Waals surface area (Å²) >= 11 is 6.20. The predicted molar refractivity (Wildman–Crippen MR) is 74.5 cm³/mol. The summed E-state index contributed by atoms with van der Waals surface area (Å²) in [7, 11) is 0. The Balaban J connectivity index is 2.82. The minimum absolute atomic E-state index is 0.000995. The highest BCUT2D eigenvalue weighted by molar-refractivity contribution is 6.31. The number of aliphatic hydroxyl groups excluding tert-OH is 1. The Bertz CT molecular complexity index is 331. The minimum Gasteiger partial charge on any atom is -0.396 e. The summed E-state index contributed by atoms with van der Waals surface area (Å²) in [5, 5.41) is 10.5. The number of unbranched alkanes of at least 4 members (excludes halogenated alkanes) is 1. The second-order valence-corrected chi connectivity index (χ2v) is 5.29. The van der Waals surface area contributed by atoms with Gasteiger partial charge in [-0.3, -0.25) is 0 Å². The SMILES string of the molecule is CCCCC(CC)(CO)Cc1ccccc1Cl. The van der Waals surface area contributed by atoms with Gasteiger partial charge in [0.1, 0.15) is 0 Å². The maximum Gasteiger partial charge on any atom is 0.0490 e. The lowest BCUT2D eigenvalue weighted by atomic mass is 9.76. The van der Waals surface area contributed by atoms with Gasteiger partial charge in [-0.1, -0.05) is 56.5 Å². The Hall–Kier alpha value is -0.530. The maximum atomic E-state index is 9.71. The summed E-state index contributed by atoms with van der Waals surface area (Å²) < 4.78 is 0. The van der Waals surface area contributed by atoms with E-state index >= 15 is 0 Å². The van der Waals surface area contributed by atoms with Gasteiger partial charge in [0, 0.05) is 11.6 Å². The van der Waals surface area contributed by atoms with Crippen LogP contribution in [-0.2, 0) is 6.42 Å². The summed E-state index contributed by atoms with van der Waals surface area (Å²) in [5.41, 5.74) is 1.15. The molecule has 0 heterocycles. The quantitative estimate of drug-likeness (QED) is 0.762. The topological polar surface area (TPSA) is 20.2 Å². The lowest BCUT2D eigenvalue weighted by Crippen LogP contribution is -2.27. The van der Waals surface area contributed by atoms with Gasteiger partial charge in [0.15, 0.2) is 0 Å². The van der Waals surface area contributed by atoms with Gasteiger partial charge in [-0.2, -0.15) is 0 Å². The van der Waals surface area contributed by atoms with Crippen LogP contribution in [0.4, 0.5) is 0 Å². The fourth-order valence-electron chi connectivity index (χ4n) is 2.23. The molecule has 1 rings (SSSR count). The van der Waals surface area contributed by atoms with Crippen molar-refractivity contribution in [3.8, 4) is 0 Å². The Labute approximate surface area is 110 Å². The number of rotatable bonds is 7. The zero-order valence-electron chi connectivity index (χ0n) is 10.9. The summed E-state index contributed by atoms with van der Waals surface area (Å²) in [6.45, 7) is 4.59. The molecule has 1 atom stereocenters. The summed E-state index contributed by atoms with van der Waals surface area (Å²) in [6, 6.07) is 7.95. The molecule has 1 nitrogen and oxygen atoms in total. The lowest BCUT2D eigenvalue weighted by molar-refractivity contribution is 0.107. The second kappa shape index (κ2) is 7.03. The molecule has 0 saturated carbocycles. The van der Waals surface area contributed by atoms with E-state index in [9.17, 15) is 5.11 Å². The van der Waals surface area contributed by atoms with Crippen LogP contribution in [0.15, 0.2) is 24.3 Å². The van der Waals surface area contributed by atoms with Gasteiger partial charge in [0.2, 0.25) is 0 Å². The zero-order chi connectivity index (χ0) is 12.7. The average Bonchev–Trinajstić information content (AvgIpc) is 2.37. The Morgan fingerprint density at radius 1 is 1.24 bits per heavy atom. The first-order valence-electron chi connectivity index (χ1n) is 6.51. The molecule has 0 radical (unpaired) electrons. The molecule has 0 aliphatic rings. The van der Waals surface area contributed by atoms with Gasteiger partial charge in [-0.05, 0) is 36.3 Å². The molecule has 0 aliphatic carbocycles. The van der Waals surface area contributed by atoms with Crippen LogP contribution in [0.5, 0.6) is 0 Å². The number of hydrogen-bond acceptors (Lipinski definition) is 1. The van der Waals surface area contributed by atoms with Crippen molar-refractivity contribution in [2.45, 2.75) is 46.0 Å². The Morgan fingerprint density at radius 2 is 1.94 bits per heavy atom. The van der Waals surface area contributed by atoms with Crippen LogP contribution >= 0.6 is 11.6 Å². The highest BCUT2D eigenvalue weighted by Gasteiger charge is 2.27. The van der Waals surface area contributed by atoms with Gasteiger partial charge in [-0.15, -0.1) is 0 Å². The molecule has 1 unspecified atom stereocenters. The third-order valence-corrected chi connectivity index (χ3v) is 4.04. The van der Waals surface area contributed by atoms with Gasteiger partial charge >= 0.3 is 0 Å². The largest absolute Gasteiger partial charge is 0.396 e. The second-order valence-electron chi connectivity index (χ2n) is 4.88. The molecule has 0 bridgehead atoms. The first-order chi connectivity index (χ1) is 8.17. The van der Waals surface area contributed by atoms with Crippen LogP contribution in [0, 0.1) is 5.41 Å². The molecule has 96 valence electrons. The monoisotopic (exact) mass is 254 g/mol. The third-order valence-electron chi connectivity index (χ3n) is 3.67. The van der Waals surface area contributed by atoms with Gasteiger partial charge < -0.3 is 5.11 Å². The normalized spacial score (nSPS) is 14.6. The zero-order valence-corrected chi connectivity index (χ0v) is 11.6. The van der Waals surface area contributed by atoms with Crippen LogP contribution in [0.25, 0.3) is 0 Å². The van der Waals surface area contributed by atoms with Crippen molar-refractivity contribution < 1.29 is 5.11 Å². The molecule has 17 heavy (non-hydrogen) atoms. The van der Waals surface area contributed by atoms with Gasteiger partial charge in [0.05, 0.1) is 0 Å². The number of hydrogen-bond donors (Lipinski definition) is 1. The molecular formula is C15H23ClO. The molecule has 0 saturated heterocycles. The molecule has 1 N–H and O–H groups in total. The van der Waals surface area contributed by atoms with Crippen molar-refractivity contribution in [3.05, 3.63) is 34.9 Å². The van der Waals surface area contributed by atoms with Crippen LogP contribution < -0.4 is 0 Å². The van der Waals surface area contributed by atoms with E-state index in [0.29, 0.717) is 0 Å². The molecule has 0 amide bonds. The van der Waals surface area contributed by atoms with Crippen LogP contribution in [0.1, 0.15) is 45.1 Å². The van der Waals surface area contributed by atoms with Crippen molar-refractivity contribution >= 4 is 11.6 Å². The van der Waals surface area contributed by atoms with E-state index in [1.807, 2.05) is 18.2 Å². The fraction of sp³-hybridized carbons (Fsp3) is 0.600. The van der Waals surface area contributed by atoms with Crippen molar-refractivity contribution in [2.75, 3.05) is 6.61 Å². The van der Waals surface area contributed by atoms with E-state index in [2.05, 4.69) is 19.9 Å². The van der Waals surface area contributed by atoms with Crippen molar-refractivity contribution in [2.24, 2.45) is 5.41 Å². The van der Waals surface area contributed by atoms with E-state index < -0.39 is 0 Å². The van der Waals surface area contributed by atoms with Crippen molar-refractivity contribution in [1.29, 1.82) is 0 Å². The summed E-state index contributed by atoms with van der Waals surface area (Å²) in [4.78, 5) is 0. The van der Waals surface area contributed by atoms with Crippen LogP contribution in [0.3, 0.4) is 0 Å². The summed E-state index contributed by atoms with van der Waals surface area (Å²) in [5.74, 6) is 0. The van der Waals surface area contributed by atoms with E-state index in [4.69, 9.17) is 11.6 Å². The molecule has 0 aromatic heterocycles. The molecule has 0 aliphatic heterocycles. The molecule has 2 heteroatoms. The fourth-order valence-corrected chi connectivity index (χ4v) is 2.44. The first-order valence-corrected chi connectivity index (χ1v) is 6.89. The standard InChI is InChI=1S/C15H23ClO/c1-3-5-10-15(4-2,12-17)11-13-8-6-7-9-14(13)16/h6-9,17H,3-5,10-12H2,1-2H3. The van der Waals surface area contributed by atoms with E-state index in [0.717, 1.165) is 29.8 Å². The highest BCUT2D eigenvalue weighted by atomic mass is 35.5. The first kappa shape index (κ1) is 14.5. The number of benzene rings is 1. The van der Waals surface area contributed by atoms with Crippen molar-refractivity contribution in [3.63, 3.8) is 0 Å². The summed E-state index contributed by atoms with van der Waals surface area (Å²) in [6.07, 6.45) is 5.28. The molecule has 0 spiro atoms. The van der Waals surface area contributed by atoms with E-state index in [-0.39, 0.29) is 12.0 Å². The molecule has 1 aromatic carbocycles. The molecule has 1 aromatic rings. The smallest absolute Gasteiger partial charge is 0.0490 e. The number of aliphatic hydroxyl groups is 1. The van der Waals surface area contributed by atoms with E-state index in [1.165, 1.54) is 12.8 Å². The van der Waals surface area contributed by atoms with Crippen LogP contribution in [-0.4, -0.2) is 11.7 Å². The minimum atomic E-state index is 0.000995. The van der Waals surface area contributed by atoms with Gasteiger partial charge in [-0.25, -0.2) is 0 Å². The maximum absolute atomic E-state index is 9.71. The number of halogens is 1. The Morgan fingerprint density at radius 3 is 2.47 bits per heavy atom. The van der Waals surface area contributed by atoms with Crippen molar-refractivity contribution in [1.82, 2.24) is 0 Å². The predicted octanol–water partition coefficient (Wildman–Crippen LogP) is 4.46. The van der Waals surface area contributed by atoms with Gasteiger partial charge in [0.25, 0.3) is 0 Å². The van der Waals surface area contributed by atoms with Crippen LogP contribution in [0.2, 0.25) is 5.02 Å². The Kier molecular flexibility index (Phi) is 6.01. The van der Waals surface area contributed by atoms with E-state index in [1.54, 1.807) is 0 Å². The average molecular weight is 255 g/mol. The molecular weight excluding hydrogens is 232 g/mol. The lowest BCUT2D eigenvalue weighted by Gasteiger charge is -2.31.